The highest BCUT2D eigenvalue weighted by Gasteiger charge is 2.23. The smallest absolute Gasteiger partial charge is 0.0196 e. The molecule has 1 fully saturated rings. The number of piperidine rings is 1. The Kier molecular flexibility index (Phi) is 3.34. The quantitative estimate of drug-likeness (QED) is 0.648. The molecular weight excluding hydrogens is 136 g/mol. The van der Waals surface area contributed by atoms with E-state index in [4.69, 9.17) is 5.73 Å². The Labute approximate surface area is 69.8 Å². The monoisotopic (exact) mass is 156 g/mol. The van der Waals surface area contributed by atoms with E-state index in [0.29, 0.717) is 6.04 Å². The molecule has 0 bridgehead atoms. The van der Waals surface area contributed by atoms with Crippen LogP contribution in [0.15, 0.2) is 0 Å². The van der Waals surface area contributed by atoms with Gasteiger partial charge in [-0.15, -0.1) is 0 Å². The van der Waals surface area contributed by atoms with Crippen molar-refractivity contribution in [3.05, 3.63) is 0 Å². The lowest BCUT2D eigenvalue weighted by molar-refractivity contribution is 0.183. The van der Waals surface area contributed by atoms with Crippen LogP contribution in [0.5, 0.6) is 0 Å². The molecule has 1 saturated heterocycles. The van der Waals surface area contributed by atoms with E-state index < -0.39 is 0 Å². The summed E-state index contributed by atoms with van der Waals surface area (Å²) in [5.41, 5.74) is 6.01. The van der Waals surface area contributed by atoms with Crippen LogP contribution in [0.2, 0.25) is 0 Å². The van der Waals surface area contributed by atoms with E-state index >= 15 is 0 Å². The van der Waals surface area contributed by atoms with E-state index in [1.165, 1.54) is 25.8 Å². The molecule has 11 heavy (non-hydrogen) atoms. The van der Waals surface area contributed by atoms with Gasteiger partial charge in [0.05, 0.1) is 0 Å². The highest BCUT2D eigenvalue weighted by molar-refractivity contribution is 4.81. The van der Waals surface area contributed by atoms with Crippen LogP contribution in [-0.4, -0.2) is 31.1 Å². The molecule has 0 aromatic heterocycles. The molecule has 2 N–H and O–H groups in total. The maximum Gasteiger partial charge on any atom is 0.0196 e. The largest absolute Gasteiger partial charge is 0.326 e. The Bertz CT molecular complexity index is 114. The Hall–Kier alpha value is -0.0800. The number of likely N-dealkylation sites (tertiary alicyclic amines) is 1. The maximum absolute atomic E-state index is 6.01. The molecule has 1 heterocycles. The summed E-state index contributed by atoms with van der Waals surface area (Å²) in [7, 11) is 2.15. The second-order valence-corrected chi connectivity index (χ2v) is 3.76. The second kappa shape index (κ2) is 4.07. The fourth-order valence-electron chi connectivity index (χ4n) is 1.93. The van der Waals surface area contributed by atoms with Gasteiger partial charge in [0, 0.05) is 12.6 Å². The van der Waals surface area contributed by atoms with Gasteiger partial charge in [-0.3, -0.25) is 0 Å². The molecule has 2 atom stereocenters. The molecule has 0 saturated carbocycles. The minimum absolute atomic E-state index is 0.425. The minimum atomic E-state index is 0.425. The lowest BCUT2D eigenvalue weighted by atomic mass is 9.89. The lowest BCUT2D eigenvalue weighted by Gasteiger charge is -2.34. The molecule has 0 amide bonds. The first-order valence-electron chi connectivity index (χ1n) is 4.68. The maximum atomic E-state index is 6.01. The zero-order valence-electron chi connectivity index (χ0n) is 7.71. The number of hydrogen-bond donors (Lipinski definition) is 1. The average Bonchev–Trinajstić information content (AvgIpc) is 1.95. The molecule has 0 aromatic carbocycles. The van der Waals surface area contributed by atoms with Gasteiger partial charge in [-0.2, -0.15) is 0 Å². The fourth-order valence-corrected chi connectivity index (χ4v) is 1.93. The third-order valence-corrected chi connectivity index (χ3v) is 2.67. The Morgan fingerprint density at radius 2 is 2.27 bits per heavy atom. The Balaban J connectivity index is 2.31. The van der Waals surface area contributed by atoms with Gasteiger partial charge in [-0.05, 0) is 32.4 Å². The summed E-state index contributed by atoms with van der Waals surface area (Å²) in [6.07, 6.45) is 3.89. The molecule has 0 aromatic rings. The van der Waals surface area contributed by atoms with Crippen LogP contribution >= 0.6 is 0 Å². The predicted molar refractivity (Wildman–Crippen MR) is 48.5 cm³/mol. The third-order valence-electron chi connectivity index (χ3n) is 2.67. The van der Waals surface area contributed by atoms with Gasteiger partial charge >= 0.3 is 0 Å². The zero-order chi connectivity index (χ0) is 8.27. The van der Waals surface area contributed by atoms with Gasteiger partial charge in [-0.1, -0.05) is 13.3 Å². The Morgan fingerprint density at radius 1 is 1.55 bits per heavy atom. The van der Waals surface area contributed by atoms with Gasteiger partial charge in [0.2, 0.25) is 0 Å². The number of hydrogen-bond acceptors (Lipinski definition) is 2. The molecule has 2 nitrogen and oxygen atoms in total. The topological polar surface area (TPSA) is 29.3 Å². The standard InChI is InChI=1S/C9H20N2/c1-3-4-8-5-6-11(2)7-9(8)10/h8-9H,3-7,10H2,1-2H3. The van der Waals surface area contributed by atoms with Crippen molar-refractivity contribution in [2.45, 2.75) is 32.2 Å². The molecular formula is C9H20N2. The summed E-state index contributed by atoms with van der Waals surface area (Å²) in [6, 6.07) is 0.425. The van der Waals surface area contributed by atoms with Crippen LogP contribution in [0.1, 0.15) is 26.2 Å². The van der Waals surface area contributed by atoms with Crippen LogP contribution in [-0.2, 0) is 0 Å². The van der Waals surface area contributed by atoms with Crippen molar-refractivity contribution in [3.63, 3.8) is 0 Å². The first-order valence-corrected chi connectivity index (χ1v) is 4.68. The SMILES string of the molecule is CCCC1CCN(C)CC1N. The van der Waals surface area contributed by atoms with E-state index in [2.05, 4.69) is 18.9 Å². The molecule has 1 aliphatic heterocycles. The van der Waals surface area contributed by atoms with Gasteiger partial charge in [0.25, 0.3) is 0 Å². The highest BCUT2D eigenvalue weighted by atomic mass is 15.1. The lowest BCUT2D eigenvalue weighted by Crippen LogP contribution is -2.46. The van der Waals surface area contributed by atoms with Crippen LogP contribution in [0, 0.1) is 5.92 Å². The molecule has 66 valence electrons. The molecule has 0 radical (unpaired) electrons. The van der Waals surface area contributed by atoms with E-state index in [9.17, 15) is 0 Å². The summed E-state index contributed by atoms with van der Waals surface area (Å²) >= 11 is 0. The van der Waals surface area contributed by atoms with Crippen molar-refractivity contribution in [1.82, 2.24) is 4.90 Å². The normalized spacial score (nSPS) is 34.1. The molecule has 1 rings (SSSR count). The molecule has 2 heteroatoms. The first-order chi connectivity index (χ1) is 5.24. The van der Waals surface area contributed by atoms with Gasteiger partial charge in [0.15, 0.2) is 0 Å². The van der Waals surface area contributed by atoms with E-state index in [-0.39, 0.29) is 0 Å². The van der Waals surface area contributed by atoms with Crippen molar-refractivity contribution in [3.8, 4) is 0 Å². The van der Waals surface area contributed by atoms with E-state index in [1.807, 2.05) is 0 Å². The van der Waals surface area contributed by atoms with E-state index in [0.717, 1.165) is 12.5 Å². The van der Waals surface area contributed by atoms with Crippen molar-refractivity contribution in [2.75, 3.05) is 20.1 Å². The number of nitrogens with zero attached hydrogens (tertiary/aromatic N) is 1. The van der Waals surface area contributed by atoms with Crippen LogP contribution in [0.4, 0.5) is 0 Å². The van der Waals surface area contributed by atoms with Gasteiger partial charge in [-0.25, -0.2) is 0 Å². The molecule has 1 aliphatic rings. The van der Waals surface area contributed by atoms with Crippen molar-refractivity contribution in [1.29, 1.82) is 0 Å². The summed E-state index contributed by atoms with van der Waals surface area (Å²) in [5, 5.41) is 0. The average molecular weight is 156 g/mol. The van der Waals surface area contributed by atoms with Crippen LogP contribution in [0.25, 0.3) is 0 Å². The summed E-state index contributed by atoms with van der Waals surface area (Å²) < 4.78 is 0. The highest BCUT2D eigenvalue weighted by Crippen LogP contribution is 2.19. The molecule has 0 aliphatic carbocycles. The van der Waals surface area contributed by atoms with E-state index in [1.54, 1.807) is 0 Å². The van der Waals surface area contributed by atoms with Crippen molar-refractivity contribution >= 4 is 0 Å². The van der Waals surface area contributed by atoms with Crippen molar-refractivity contribution < 1.29 is 0 Å². The predicted octanol–water partition coefficient (Wildman–Crippen LogP) is 1.07. The van der Waals surface area contributed by atoms with Gasteiger partial charge in [0.1, 0.15) is 0 Å². The summed E-state index contributed by atoms with van der Waals surface area (Å²) in [4.78, 5) is 2.33. The number of nitrogens with two attached hydrogens (primary N) is 1. The summed E-state index contributed by atoms with van der Waals surface area (Å²) in [6.45, 7) is 4.56. The van der Waals surface area contributed by atoms with Crippen LogP contribution in [0.3, 0.4) is 0 Å². The minimum Gasteiger partial charge on any atom is -0.326 e. The first kappa shape index (κ1) is 9.01. The number of rotatable bonds is 2. The second-order valence-electron chi connectivity index (χ2n) is 3.76. The van der Waals surface area contributed by atoms with Crippen LogP contribution < -0.4 is 5.73 Å². The molecule has 0 spiro atoms. The van der Waals surface area contributed by atoms with Crippen molar-refractivity contribution in [2.24, 2.45) is 11.7 Å². The van der Waals surface area contributed by atoms with Gasteiger partial charge < -0.3 is 10.6 Å². The Morgan fingerprint density at radius 3 is 2.82 bits per heavy atom. The third kappa shape index (κ3) is 2.46. The number of likely N-dealkylation sites (N-methyl/N-ethyl adjacent to an activating group) is 1. The zero-order valence-corrected chi connectivity index (χ0v) is 7.71. The fraction of sp³-hybridized carbons (Fsp3) is 1.00. The molecule has 2 unspecified atom stereocenters. The summed E-state index contributed by atoms with van der Waals surface area (Å²) in [5.74, 6) is 0.788.